The Morgan fingerprint density at radius 1 is 1.24 bits per heavy atom. The number of nitrogens with zero attached hydrogens (tertiary/aromatic N) is 2. The lowest BCUT2D eigenvalue weighted by Crippen LogP contribution is -2.43. The summed E-state index contributed by atoms with van der Waals surface area (Å²) in [6, 6.07) is 6.69. The molecule has 1 heterocycles. The number of H-pyrrole nitrogens is 1. The second-order valence-corrected chi connectivity index (χ2v) is 7.08. The van der Waals surface area contributed by atoms with Crippen LogP contribution >= 0.6 is 11.6 Å². The van der Waals surface area contributed by atoms with Gasteiger partial charge in [-0.2, -0.15) is 0 Å². The van der Waals surface area contributed by atoms with Gasteiger partial charge in [0.25, 0.3) is 11.5 Å². The van der Waals surface area contributed by atoms with E-state index in [0.29, 0.717) is 23.7 Å². The van der Waals surface area contributed by atoms with E-state index in [9.17, 15) is 14.4 Å². The molecule has 3 N–H and O–H groups in total. The van der Waals surface area contributed by atoms with Crippen molar-refractivity contribution in [2.45, 2.75) is 46.1 Å². The Bertz CT molecular complexity index is 954. The van der Waals surface area contributed by atoms with Crippen molar-refractivity contribution in [3.63, 3.8) is 0 Å². The van der Waals surface area contributed by atoms with E-state index in [2.05, 4.69) is 4.98 Å². The molecular weight excluding hydrogens is 396 g/mol. The fourth-order valence-corrected chi connectivity index (χ4v) is 3.01. The summed E-state index contributed by atoms with van der Waals surface area (Å²) < 4.78 is 6.83. The number of hydrogen-bond donors (Lipinski definition) is 2. The monoisotopic (exact) mass is 422 g/mol. The van der Waals surface area contributed by atoms with Crippen LogP contribution in [0.1, 0.15) is 39.5 Å². The molecule has 158 valence electrons. The smallest absolute Gasteiger partial charge is 0.330 e. The van der Waals surface area contributed by atoms with E-state index < -0.39 is 17.2 Å². The van der Waals surface area contributed by atoms with Crippen LogP contribution in [0, 0.1) is 0 Å². The van der Waals surface area contributed by atoms with Crippen molar-refractivity contribution in [3.8, 4) is 5.75 Å². The lowest BCUT2D eigenvalue weighted by Gasteiger charge is -2.24. The highest BCUT2D eigenvalue weighted by atomic mass is 35.5. The number of halogens is 1. The van der Waals surface area contributed by atoms with Crippen LogP contribution in [0.4, 0.5) is 11.5 Å². The number of aromatic nitrogens is 2. The molecule has 0 spiro atoms. The van der Waals surface area contributed by atoms with Crippen LogP contribution < -0.4 is 26.6 Å². The molecule has 1 aromatic carbocycles. The highest BCUT2D eigenvalue weighted by Crippen LogP contribution is 2.20. The molecule has 0 saturated carbocycles. The summed E-state index contributed by atoms with van der Waals surface area (Å²) in [5.41, 5.74) is 4.87. The molecule has 2 aromatic rings. The number of nitrogens with two attached hydrogens (primary N) is 1. The zero-order valence-electron chi connectivity index (χ0n) is 16.7. The predicted molar refractivity (Wildman–Crippen MR) is 115 cm³/mol. The third-order valence-electron chi connectivity index (χ3n) is 4.41. The number of carbonyl (C=O) groups is 1. The van der Waals surface area contributed by atoms with Crippen LogP contribution in [0.3, 0.4) is 0 Å². The van der Waals surface area contributed by atoms with Gasteiger partial charge in [0.2, 0.25) is 0 Å². The number of nitrogens with one attached hydrogen (secondary N) is 1. The molecule has 0 unspecified atom stereocenters. The van der Waals surface area contributed by atoms with Crippen LogP contribution in [-0.2, 0) is 11.3 Å². The van der Waals surface area contributed by atoms with Crippen LogP contribution in [0.15, 0.2) is 33.9 Å². The highest BCUT2D eigenvalue weighted by molar-refractivity contribution is 6.30. The van der Waals surface area contributed by atoms with Gasteiger partial charge in [-0.05, 0) is 31.0 Å². The fourth-order valence-electron chi connectivity index (χ4n) is 2.83. The van der Waals surface area contributed by atoms with E-state index >= 15 is 0 Å². The van der Waals surface area contributed by atoms with Gasteiger partial charge in [-0.25, -0.2) is 4.79 Å². The summed E-state index contributed by atoms with van der Waals surface area (Å²) in [6.45, 7) is 4.31. The topological polar surface area (TPSA) is 110 Å². The Labute approximate surface area is 174 Å². The first-order chi connectivity index (χ1) is 13.9. The van der Waals surface area contributed by atoms with Gasteiger partial charge in [0.15, 0.2) is 12.3 Å². The summed E-state index contributed by atoms with van der Waals surface area (Å²) in [4.78, 5) is 41.1. The molecule has 1 amide bonds. The maximum atomic E-state index is 12.9. The minimum absolute atomic E-state index is 0.0144. The minimum atomic E-state index is -0.688. The quantitative estimate of drug-likeness (QED) is 0.611. The van der Waals surface area contributed by atoms with Crippen molar-refractivity contribution in [2.24, 2.45) is 0 Å². The highest BCUT2D eigenvalue weighted by Gasteiger charge is 2.24. The number of ether oxygens (including phenoxy) is 1. The van der Waals surface area contributed by atoms with Crippen molar-refractivity contribution < 1.29 is 9.53 Å². The largest absolute Gasteiger partial charge is 0.484 e. The molecule has 0 saturated heterocycles. The molecule has 1 aromatic heterocycles. The Balaban J connectivity index is 2.34. The number of carbonyl (C=O) groups excluding carboxylic acids is 1. The molecule has 0 aliphatic carbocycles. The zero-order valence-corrected chi connectivity index (χ0v) is 17.5. The first-order valence-electron chi connectivity index (χ1n) is 9.70. The van der Waals surface area contributed by atoms with E-state index in [1.807, 2.05) is 13.8 Å². The normalized spacial score (nSPS) is 10.7. The molecule has 9 heteroatoms. The summed E-state index contributed by atoms with van der Waals surface area (Å²) in [5, 5.41) is 0.487. The zero-order chi connectivity index (χ0) is 21.4. The molecular formula is C20H27ClN4O4. The Morgan fingerprint density at radius 2 is 1.97 bits per heavy atom. The van der Waals surface area contributed by atoms with Crippen molar-refractivity contribution in [1.29, 1.82) is 0 Å². The number of aromatic amines is 1. The molecule has 0 aliphatic rings. The Morgan fingerprint density at radius 3 is 2.62 bits per heavy atom. The Hall–Kier alpha value is -2.74. The Kier molecular flexibility index (Phi) is 8.33. The fraction of sp³-hybridized carbons (Fsp3) is 0.450. The van der Waals surface area contributed by atoms with Crippen molar-refractivity contribution in [3.05, 3.63) is 50.1 Å². The summed E-state index contributed by atoms with van der Waals surface area (Å²) >= 11 is 5.93. The number of nitrogen functional groups attached to an aromatic ring is 1. The number of benzene rings is 1. The van der Waals surface area contributed by atoms with Gasteiger partial charge >= 0.3 is 5.69 Å². The molecule has 0 aliphatic heterocycles. The summed E-state index contributed by atoms with van der Waals surface area (Å²) in [5.74, 6) is -0.00758. The standard InChI is InChI=1S/C20H27ClN4O4/c1-3-5-10-24(16(26)13-29-15-9-7-8-14(21)12-15)17-18(22)25(11-6-4-2)20(28)23-19(17)27/h7-9,12H,3-6,10-11,13,22H2,1-2H3,(H,23,27,28). The van der Waals surface area contributed by atoms with Crippen molar-refractivity contribution in [1.82, 2.24) is 9.55 Å². The third-order valence-corrected chi connectivity index (χ3v) is 4.65. The summed E-state index contributed by atoms with van der Waals surface area (Å²) in [6.07, 6.45) is 3.05. The number of amides is 1. The van der Waals surface area contributed by atoms with Crippen LogP contribution in [-0.4, -0.2) is 28.6 Å². The molecule has 29 heavy (non-hydrogen) atoms. The average molecular weight is 423 g/mol. The van der Waals surface area contributed by atoms with Gasteiger partial charge in [-0.1, -0.05) is 44.4 Å². The second-order valence-electron chi connectivity index (χ2n) is 6.64. The van der Waals surface area contributed by atoms with E-state index in [0.717, 1.165) is 19.3 Å². The van der Waals surface area contributed by atoms with Gasteiger partial charge in [-0.3, -0.25) is 19.1 Å². The maximum absolute atomic E-state index is 12.9. The average Bonchev–Trinajstić information content (AvgIpc) is 2.68. The lowest BCUT2D eigenvalue weighted by atomic mass is 10.2. The van der Waals surface area contributed by atoms with Gasteiger partial charge in [-0.15, -0.1) is 0 Å². The first-order valence-corrected chi connectivity index (χ1v) is 10.1. The predicted octanol–water partition coefficient (Wildman–Crippen LogP) is 2.78. The second kappa shape index (κ2) is 10.7. The van der Waals surface area contributed by atoms with Gasteiger partial charge < -0.3 is 15.4 Å². The number of rotatable bonds is 10. The first kappa shape index (κ1) is 22.5. The van der Waals surface area contributed by atoms with Crippen LogP contribution in [0.2, 0.25) is 5.02 Å². The summed E-state index contributed by atoms with van der Waals surface area (Å²) in [7, 11) is 0. The maximum Gasteiger partial charge on any atom is 0.330 e. The van der Waals surface area contributed by atoms with E-state index in [-0.39, 0.29) is 24.7 Å². The number of anilines is 2. The molecule has 0 fully saturated rings. The SMILES string of the molecule is CCCCN(C(=O)COc1cccc(Cl)c1)c1c(N)n(CCCC)c(=O)[nH]c1=O. The third kappa shape index (κ3) is 5.87. The van der Waals surface area contributed by atoms with E-state index in [1.165, 1.54) is 9.47 Å². The van der Waals surface area contributed by atoms with Crippen LogP contribution in [0.5, 0.6) is 5.75 Å². The molecule has 0 bridgehead atoms. The molecule has 2 rings (SSSR count). The number of hydrogen-bond acceptors (Lipinski definition) is 5. The van der Waals surface area contributed by atoms with E-state index in [4.69, 9.17) is 22.1 Å². The molecule has 0 atom stereocenters. The van der Waals surface area contributed by atoms with Gasteiger partial charge in [0, 0.05) is 18.1 Å². The van der Waals surface area contributed by atoms with Crippen LogP contribution in [0.25, 0.3) is 0 Å². The van der Waals surface area contributed by atoms with Crippen molar-refractivity contribution in [2.75, 3.05) is 23.8 Å². The lowest BCUT2D eigenvalue weighted by molar-refractivity contribution is -0.120. The minimum Gasteiger partial charge on any atom is -0.484 e. The molecule has 8 nitrogen and oxygen atoms in total. The van der Waals surface area contributed by atoms with Crippen molar-refractivity contribution >= 4 is 29.0 Å². The van der Waals surface area contributed by atoms with E-state index in [1.54, 1.807) is 24.3 Å². The molecule has 0 radical (unpaired) electrons. The number of unbranched alkanes of at least 4 members (excludes halogenated alkanes) is 2. The van der Waals surface area contributed by atoms with Gasteiger partial charge in [0.1, 0.15) is 11.6 Å². The van der Waals surface area contributed by atoms with Gasteiger partial charge in [0.05, 0.1) is 0 Å².